The Morgan fingerprint density at radius 3 is 2.26 bits per heavy atom. The van der Waals surface area contributed by atoms with Gasteiger partial charge in [0.2, 0.25) is 18.2 Å². The molecule has 0 fully saturated rings. The Hall–Kier alpha value is -4.11. The lowest BCUT2D eigenvalue weighted by molar-refractivity contribution is -0.132. The smallest absolute Gasteiger partial charge is 0.248 e. The van der Waals surface area contributed by atoms with Crippen LogP contribution in [-0.2, 0) is 20.8 Å². The van der Waals surface area contributed by atoms with Crippen LogP contribution in [0.25, 0.3) is 21.8 Å². The van der Waals surface area contributed by atoms with Crippen molar-refractivity contribution in [2.75, 3.05) is 0 Å². The van der Waals surface area contributed by atoms with E-state index in [1.165, 1.54) is 0 Å². The second kappa shape index (κ2) is 9.40. The summed E-state index contributed by atoms with van der Waals surface area (Å²) >= 11 is 0. The first-order valence-corrected chi connectivity index (χ1v) is 11.0. The van der Waals surface area contributed by atoms with Gasteiger partial charge in [0, 0.05) is 46.2 Å². The number of H-pyrrole nitrogens is 2. The monoisotopic (exact) mass is 460 g/mol. The molecule has 3 amide bonds. The van der Waals surface area contributed by atoms with Crippen molar-refractivity contribution in [3.8, 4) is 0 Å². The number of hydrogen-bond donors (Lipinski definition) is 6. The Kier molecular flexibility index (Phi) is 6.38. The number of carbonyl (C=O) groups excluding carboxylic acids is 3. The molecule has 0 aliphatic carbocycles. The maximum atomic E-state index is 13.5. The van der Waals surface area contributed by atoms with Gasteiger partial charge < -0.3 is 31.7 Å². The van der Waals surface area contributed by atoms with E-state index in [0.29, 0.717) is 18.4 Å². The number of para-hydroxylation sites is 2. The average molecular weight is 461 g/mol. The maximum Gasteiger partial charge on any atom is 0.248 e. The first-order valence-electron chi connectivity index (χ1n) is 11.0. The minimum absolute atomic E-state index is 0.353. The molecule has 176 valence electrons. The molecule has 2 atom stereocenters. The van der Waals surface area contributed by atoms with Crippen molar-refractivity contribution in [2.45, 2.75) is 38.0 Å². The number of nitrogens with one attached hydrogen (secondary N) is 5. The normalized spacial score (nSPS) is 13.4. The van der Waals surface area contributed by atoms with Gasteiger partial charge in [-0.25, -0.2) is 0 Å². The van der Waals surface area contributed by atoms with Crippen molar-refractivity contribution in [3.63, 3.8) is 0 Å². The number of benzene rings is 2. The summed E-state index contributed by atoms with van der Waals surface area (Å²) in [5.41, 5.74) is 8.11. The van der Waals surface area contributed by atoms with Gasteiger partial charge in [-0.05, 0) is 31.5 Å². The summed E-state index contributed by atoms with van der Waals surface area (Å²) in [6, 6.07) is 14.3. The summed E-state index contributed by atoms with van der Waals surface area (Å²) in [6.45, 7) is 3.14. The van der Waals surface area contributed by atoms with Gasteiger partial charge in [0.25, 0.3) is 0 Å². The fraction of sp³-hybridized carbons (Fsp3) is 0.240. The van der Waals surface area contributed by atoms with Crippen LogP contribution in [0.4, 0.5) is 0 Å². The number of aromatic amines is 2. The van der Waals surface area contributed by atoms with E-state index in [1.54, 1.807) is 20.0 Å². The molecule has 9 nitrogen and oxygen atoms in total. The maximum absolute atomic E-state index is 13.5. The Balaban J connectivity index is 1.62. The molecule has 0 radical (unpaired) electrons. The molecule has 2 heterocycles. The SMILES string of the molecule is CC(C)(N)C(=O)N[C@@H](C(=O)N[C@H](Cc1c[nH]c2ccccc12)NC=O)c1c[nH]c2ccccc12. The predicted molar refractivity (Wildman–Crippen MR) is 131 cm³/mol. The van der Waals surface area contributed by atoms with Crippen molar-refractivity contribution >= 4 is 40.0 Å². The first kappa shape index (κ1) is 23.1. The molecule has 0 aliphatic rings. The van der Waals surface area contributed by atoms with Crippen molar-refractivity contribution < 1.29 is 14.4 Å². The Labute approximate surface area is 196 Å². The summed E-state index contributed by atoms with van der Waals surface area (Å²) in [5.74, 6) is -0.948. The standard InChI is InChI=1S/C25H28N6O3/c1-25(2,26)24(34)31-22(18-13-28-20-10-6-4-8-17(18)20)23(33)30-21(29-14-32)11-15-12-27-19-9-5-3-7-16(15)19/h3-10,12-14,21-22,27-28H,11,26H2,1-2H3,(H,29,32)(H,30,33)(H,31,34)/t21-,22-/m1/s1. The third-order valence-electron chi connectivity index (χ3n) is 5.74. The van der Waals surface area contributed by atoms with E-state index in [4.69, 9.17) is 5.73 Å². The number of rotatable bonds is 9. The molecule has 2 aromatic heterocycles. The summed E-state index contributed by atoms with van der Waals surface area (Å²) in [7, 11) is 0. The van der Waals surface area contributed by atoms with Gasteiger partial charge in [-0.3, -0.25) is 14.4 Å². The molecular weight excluding hydrogens is 432 g/mol. The Bertz CT molecular complexity index is 1330. The molecule has 0 spiro atoms. The number of amides is 3. The van der Waals surface area contributed by atoms with E-state index in [-0.39, 0.29) is 0 Å². The van der Waals surface area contributed by atoms with E-state index in [0.717, 1.165) is 27.4 Å². The van der Waals surface area contributed by atoms with Crippen LogP contribution in [-0.4, -0.2) is 39.9 Å². The van der Waals surface area contributed by atoms with E-state index in [9.17, 15) is 14.4 Å². The molecule has 9 heteroatoms. The van der Waals surface area contributed by atoms with Gasteiger partial charge in [-0.15, -0.1) is 0 Å². The minimum Gasteiger partial charge on any atom is -0.361 e. The minimum atomic E-state index is -1.19. The number of nitrogens with two attached hydrogens (primary N) is 1. The molecule has 0 aliphatic heterocycles. The fourth-order valence-electron chi connectivity index (χ4n) is 3.94. The van der Waals surface area contributed by atoms with Crippen LogP contribution in [0.15, 0.2) is 60.9 Å². The zero-order chi connectivity index (χ0) is 24.3. The average Bonchev–Trinajstić information content (AvgIpc) is 3.41. The largest absolute Gasteiger partial charge is 0.361 e. The number of carbonyl (C=O) groups is 3. The molecule has 0 bridgehead atoms. The summed E-state index contributed by atoms with van der Waals surface area (Å²) < 4.78 is 0. The van der Waals surface area contributed by atoms with Crippen LogP contribution in [0.5, 0.6) is 0 Å². The highest BCUT2D eigenvalue weighted by Gasteiger charge is 2.31. The molecule has 0 saturated carbocycles. The van der Waals surface area contributed by atoms with E-state index >= 15 is 0 Å². The van der Waals surface area contributed by atoms with Gasteiger partial charge in [-0.2, -0.15) is 0 Å². The van der Waals surface area contributed by atoms with Crippen molar-refractivity contribution in [3.05, 3.63) is 72.1 Å². The molecule has 0 unspecified atom stereocenters. The first-order chi connectivity index (χ1) is 16.3. The molecule has 2 aromatic carbocycles. The highest BCUT2D eigenvalue weighted by Crippen LogP contribution is 2.25. The topological polar surface area (TPSA) is 145 Å². The fourth-order valence-corrected chi connectivity index (χ4v) is 3.94. The third kappa shape index (κ3) is 4.79. The Morgan fingerprint density at radius 1 is 0.971 bits per heavy atom. The second-order valence-corrected chi connectivity index (χ2v) is 8.83. The zero-order valence-electron chi connectivity index (χ0n) is 19.0. The molecule has 4 rings (SSSR count). The second-order valence-electron chi connectivity index (χ2n) is 8.83. The van der Waals surface area contributed by atoms with Crippen molar-refractivity contribution in [1.82, 2.24) is 25.9 Å². The number of fused-ring (bicyclic) bond motifs is 2. The van der Waals surface area contributed by atoms with Crippen LogP contribution in [0.1, 0.15) is 31.0 Å². The van der Waals surface area contributed by atoms with Crippen LogP contribution in [0, 0.1) is 0 Å². The lowest BCUT2D eigenvalue weighted by Crippen LogP contribution is -2.55. The van der Waals surface area contributed by atoms with Crippen molar-refractivity contribution in [1.29, 1.82) is 0 Å². The molecule has 7 N–H and O–H groups in total. The quantitative estimate of drug-likeness (QED) is 0.168. The van der Waals surface area contributed by atoms with Gasteiger partial charge in [0.1, 0.15) is 12.2 Å². The molecule has 34 heavy (non-hydrogen) atoms. The lowest BCUT2D eigenvalue weighted by atomic mass is 10.0. The van der Waals surface area contributed by atoms with Crippen LogP contribution >= 0.6 is 0 Å². The summed E-state index contributed by atoms with van der Waals surface area (Å²) in [4.78, 5) is 43.8. The highest BCUT2D eigenvalue weighted by molar-refractivity contribution is 5.96. The molecular formula is C25H28N6O3. The van der Waals surface area contributed by atoms with Gasteiger partial charge in [0.15, 0.2) is 0 Å². The van der Waals surface area contributed by atoms with Crippen LogP contribution < -0.4 is 21.7 Å². The van der Waals surface area contributed by atoms with Crippen LogP contribution in [0.2, 0.25) is 0 Å². The number of hydrogen-bond acceptors (Lipinski definition) is 4. The van der Waals surface area contributed by atoms with Gasteiger partial charge >= 0.3 is 0 Å². The van der Waals surface area contributed by atoms with Crippen LogP contribution in [0.3, 0.4) is 0 Å². The Morgan fingerprint density at radius 2 is 1.59 bits per heavy atom. The number of aromatic nitrogens is 2. The predicted octanol–water partition coefficient (Wildman–Crippen LogP) is 1.97. The summed E-state index contributed by atoms with van der Waals surface area (Å²) in [5, 5.41) is 10.1. The third-order valence-corrected chi connectivity index (χ3v) is 5.74. The summed E-state index contributed by atoms with van der Waals surface area (Å²) in [6.07, 6.45) is 3.75. The van der Waals surface area contributed by atoms with E-state index < -0.39 is 29.6 Å². The molecule has 0 saturated heterocycles. The molecule has 4 aromatic rings. The van der Waals surface area contributed by atoms with Gasteiger partial charge in [-0.1, -0.05) is 36.4 Å². The van der Waals surface area contributed by atoms with E-state index in [2.05, 4.69) is 25.9 Å². The lowest BCUT2D eigenvalue weighted by Gasteiger charge is -2.26. The highest BCUT2D eigenvalue weighted by atomic mass is 16.2. The zero-order valence-corrected chi connectivity index (χ0v) is 19.0. The van der Waals surface area contributed by atoms with Gasteiger partial charge in [0.05, 0.1) is 5.54 Å². The van der Waals surface area contributed by atoms with E-state index in [1.807, 2.05) is 54.7 Å². The van der Waals surface area contributed by atoms with Crippen molar-refractivity contribution in [2.24, 2.45) is 5.73 Å².